The Hall–Kier alpha value is -3.20. The predicted molar refractivity (Wildman–Crippen MR) is 139 cm³/mol. The number of hydrogen-bond acceptors (Lipinski definition) is 2. The molecule has 0 aromatic heterocycles. The molecule has 0 radical (unpaired) electrons. The number of hydrogen-bond donors (Lipinski definition) is 2. The molecule has 2 N–H and O–H groups in total. The van der Waals surface area contributed by atoms with Gasteiger partial charge in [-0.3, -0.25) is 0 Å². The summed E-state index contributed by atoms with van der Waals surface area (Å²) in [5.74, 6) is 0. The molecule has 0 aliphatic rings. The van der Waals surface area contributed by atoms with Gasteiger partial charge in [-0.05, 0) is 47.9 Å². The number of unbranched alkanes of at least 4 members (excludes halogenated alkanes) is 3. The van der Waals surface area contributed by atoms with E-state index in [1.54, 1.807) is 0 Å². The highest BCUT2D eigenvalue weighted by Crippen LogP contribution is 2.36. The van der Waals surface area contributed by atoms with Gasteiger partial charge in [-0.15, -0.1) is 0 Å². The summed E-state index contributed by atoms with van der Waals surface area (Å²) >= 11 is 0. The topological polar surface area (TPSA) is 40.5 Å². The number of benzene rings is 4. The van der Waals surface area contributed by atoms with E-state index < -0.39 is 11.2 Å². The lowest BCUT2D eigenvalue weighted by Crippen LogP contribution is -2.27. The lowest BCUT2D eigenvalue weighted by molar-refractivity contribution is 0.0633. The van der Waals surface area contributed by atoms with Gasteiger partial charge in [-0.25, -0.2) is 0 Å². The van der Waals surface area contributed by atoms with E-state index in [-0.39, 0.29) is 0 Å². The van der Waals surface area contributed by atoms with Crippen LogP contribution in [-0.4, -0.2) is 10.2 Å². The molecule has 34 heavy (non-hydrogen) atoms. The van der Waals surface area contributed by atoms with Crippen LogP contribution in [0.15, 0.2) is 121 Å². The van der Waals surface area contributed by atoms with Crippen LogP contribution in [0.2, 0.25) is 0 Å². The fourth-order valence-electron chi connectivity index (χ4n) is 4.88. The smallest absolute Gasteiger partial charge is 0.115 e. The first-order chi connectivity index (χ1) is 16.6. The molecule has 0 heterocycles. The van der Waals surface area contributed by atoms with Crippen molar-refractivity contribution < 1.29 is 10.2 Å². The maximum absolute atomic E-state index is 11.7. The Morgan fingerprint density at radius 2 is 0.588 bits per heavy atom. The summed E-state index contributed by atoms with van der Waals surface area (Å²) in [6.07, 6.45) is 5.17. The van der Waals surface area contributed by atoms with Crippen molar-refractivity contribution in [2.24, 2.45) is 0 Å². The molecule has 0 atom stereocenters. The Balaban J connectivity index is 1.38. The lowest BCUT2D eigenvalue weighted by Gasteiger charge is -2.30. The quantitative estimate of drug-likeness (QED) is 0.237. The second kappa shape index (κ2) is 11.3. The van der Waals surface area contributed by atoms with E-state index in [1.165, 1.54) is 0 Å². The Bertz CT molecular complexity index is 937. The first-order valence-corrected chi connectivity index (χ1v) is 12.3. The maximum Gasteiger partial charge on any atom is 0.115 e. The van der Waals surface area contributed by atoms with Crippen molar-refractivity contribution in [3.8, 4) is 0 Å². The minimum Gasteiger partial charge on any atom is -0.380 e. The van der Waals surface area contributed by atoms with Crippen molar-refractivity contribution in [2.45, 2.75) is 49.7 Å². The molecular formula is C32H34O2. The van der Waals surface area contributed by atoms with Crippen LogP contribution < -0.4 is 0 Å². The summed E-state index contributed by atoms with van der Waals surface area (Å²) in [5, 5.41) is 23.4. The molecule has 0 saturated heterocycles. The van der Waals surface area contributed by atoms with Crippen LogP contribution in [-0.2, 0) is 11.2 Å². The zero-order valence-corrected chi connectivity index (χ0v) is 19.7. The highest BCUT2D eigenvalue weighted by molar-refractivity contribution is 5.37. The summed E-state index contributed by atoms with van der Waals surface area (Å²) in [5.41, 5.74) is 1.76. The van der Waals surface area contributed by atoms with Gasteiger partial charge < -0.3 is 10.2 Å². The largest absolute Gasteiger partial charge is 0.380 e. The summed E-state index contributed by atoms with van der Waals surface area (Å²) in [6, 6.07) is 39.8. The molecule has 0 aliphatic heterocycles. The summed E-state index contributed by atoms with van der Waals surface area (Å²) < 4.78 is 0. The normalized spacial score (nSPS) is 11.9. The van der Waals surface area contributed by atoms with Crippen molar-refractivity contribution in [3.05, 3.63) is 144 Å². The summed E-state index contributed by atoms with van der Waals surface area (Å²) in [6.45, 7) is 0. The Labute approximate surface area is 203 Å². The Morgan fingerprint density at radius 1 is 0.353 bits per heavy atom. The molecule has 0 unspecified atom stereocenters. The van der Waals surface area contributed by atoms with Crippen molar-refractivity contribution in [2.75, 3.05) is 0 Å². The molecule has 2 nitrogen and oxygen atoms in total. The second-order valence-corrected chi connectivity index (χ2v) is 9.10. The Morgan fingerprint density at radius 3 is 0.824 bits per heavy atom. The number of rotatable bonds is 11. The molecule has 0 saturated carbocycles. The van der Waals surface area contributed by atoms with E-state index >= 15 is 0 Å². The van der Waals surface area contributed by atoms with E-state index in [4.69, 9.17) is 0 Å². The molecule has 4 aromatic carbocycles. The van der Waals surface area contributed by atoms with Gasteiger partial charge in [0.05, 0.1) is 0 Å². The predicted octanol–water partition coefficient (Wildman–Crippen LogP) is 7.20. The fraction of sp³-hybridized carbons (Fsp3) is 0.250. The van der Waals surface area contributed by atoms with Gasteiger partial charge in [-0.2, -0.15) is 0 Å². The van der Waals surface area contributed by atoms with E-state index in [9.17, 15) is 10.2 Å². The van der Waals surface area contributed by atoms with Crippen LogP contribution in [0.3, 0.4) is 0 Å². The zero-order chi connectivity index (χ0) is 23.7. The molecular weight excluding hydrogens is 416 g/mol. The fourth-order valence-corrected chi connectivity index (χ4v) is 4.88. The minimum absolute atomic E-state index is 0.669. The van der Waals surface area contributed by atoms with Gasteiger partial charge in [0.25, 0.3) is 0 Å². The lowest BCUT2D eigenvalue weighted by atomic mass is 9.81. The van der Waals surface area contributed by atoms with Gasteiger partial charge >= 0.3 is 0 Å². The summed E-state index contributed by atoms with van der Waals surface area (Å²) in [7, 11) is 0. The maximum atomic E-state index is 11.7. The third-order valence-electron chi connectivity index (χ3n) is 6.83. The van der Waals surface area contributed by atoms with Gasteiger partial charge in [0, 0.05) is 0 Å². The van der Waals surface area contributed by atoms with E-state index in [0.29, 0.717) is 12.8 Å². The van der Waals surface area contributed by atoms with Gasteiger partial charge in [-0.1, -0.05) is 134 Å². The van der Waals surface area contributed by atoms with Gasteiger partial charge in [0.1, 0.15) is 11.2 Å². The van der Waals surface area contributed by atoms with Crippen LogP contribution >= 0.6 is 0 Å². The van der Waals surface area contributed by atoms with E-state index in [0.717, 1.165) is 47.9 Å². The minimum atomic E-state index is -0.989. The van der Waals surface area contributed by atoms with Crippen molar-refractivity contribution in [1.82, 2.24) is 0 Å². The van der Waals surface area contributed by atoms with E-state index in [2.05, 4.69) is 0 Å². The average molecular weight is 451 g/mol. The van der Waals surface area contributed by atoms with Crippen LogP contribution in [0.25, 0.3) is 0 Å². The molecule has 0 aliphatic carbocycles. The first kappa shape index (κ1) is 23.9. The highest BCUT2D eigenvalue weighted by Gasteiger charge is 2.32. The van der Waals surface area contributed by atoms with E-state index in [1.807, 2.05) is 121 Å². The molecule has 2 heteroatoms. The second-order valence-electron chi connectivity index (χ2n) is 9.10. The molecule has 174 valence electrons. The van der Waals surface area contributed by atoms with Crippen LogP contribution in [0, 0.1) is 0 Å². The van der Waals surface area contributed by atoms with Crippen LogP contribution in [0.1, 0.15) is 60.8 Å². The van der Waals surface area contributed by atoms with Gasteiger partial charge in [0.2, 0.25) is 0 Å². The van der Waals surface area contributed by atoms with Gasteiger partial charge in [0.15, 0.2) is 0 Å². The van der Waals surface area contributed by atoms with Crippen LogP contribution in [0.4, 0.5) is 0 Å². The zero-order valence-electron chi connectivity index (χ0n) is 19.7. The molecule has 0 spiro atoms. The van der Waals surface area contributed by atoms with Crippen molar-refractivity contribution in [1.29, 1.82) is 0 Å². The molecule has 0 amide bonds. The standard InChI is InChI=1S/C32H34O2/c33-31(27-17-7-3-8-18-27,28-19-9-4-10-20-28)25-15-1-2-16-26-32(34,29-21-11-5-12-22-29)30-23-13-6-14-24-30/h3-14,17-24,33-34H,1-2,15-16,25-26H2. The van der Waals surface area contributed by atoms with Crippen molar-refractivity contribution >= 4 is 0 Å². The average Bonchev–Trinajstić information content (AvgIpc) is 2.92. The molecule has 4 rings (SSSR count). The summed E-state index contributed by atoms with van der Waals surface area (Å²) in [4.78, 5) is 0. The van der Waals surface area contributed by atoms with Crippen molar-refractivity contribution in [3.63, 3.8) is 0 Å². The Kier molecular flexibility index (Phi) is 7.95. The molecule has 0 fully saturated rings. The monoisotopic (exact) mass is 450 g/mol. The SMILES string of the molecule is OC(CCCCCCC(O)(c1ccccc1)c1ccccc1)(c1ccccc1)c1ccccc1. The number of aliphatic hydroxyl groups is 2. The highest BCUT2D eigenvalue weighted by atomic mass is 16.3. The first-order valence-electron chi connectivity index (χ1n) is 12.3. The molecule has 0 bridgehead atoms. The third kappa shape index (κ3) is 5.47. The van der Waals surface area contributed by atoms with Crippen LogP contribution in [0.5, 0.6) is 0 Å². The molecule has 4 aromatic rings. The third-order valence-corrected chi connectivity index (χ3v) is 6.83.